The summed E-state index contributed by atoms with van der Waals surface area (Å²) in [7, 11) is 0. The number of aryl methyl sites for hydroxylation is 2. The fraction of sp³-hybridized carbons (Fsp3) is 0.432. The zero-order valence-electron chi connectivity index (χ0n) is 27.5. The predicted molar refractivity (Wildman–Crippen MR) is 183 cm³/mol. The maximum absolute atomic E-state index is 14.7. The normalized spacial score (nSPS) is 12.6. The van der Waals surface area contributed by atoms with Crippen molar-refractivity contribution in [2.24, 2.45) is 0 Å². The standard InChI is InChI=1S/C37H48ClN3O4/c1-7-8-9-10-14-24-41(35(43)31(25-28-17-12-11-13-18-28)39-36(44)45-37(4,5)6)33(29-22-20-26(2)21-23-29)34(42)40-32-27(3)16-15-19-30(32)38/h11-13,15-23,31,33H,7-10,14,24-25H2,1-6H3,(H,39,44)(H,40,42). The van der Waals surface area contributed by atoms with Crippen molar-refractivity contribution in [3.8, 4) is 0 Å². The molecule has 0 radical (unpaired) electrons. The van der Waals surface area contributed by atoms with Crippen LogP contribution in [0.5, 0.6) is 0 Å². The van der Waals surface area contributed by atoms with E-state index in [4.69, 9.17) is 16.3 Å². The zero-order valence-corrected chi connectivity index (χ0v) is 28.2. The number of carbonyl (C=O) groups is 3. The molecule has 0 aromatic heterocycles. The van der Waals surface area contributed by atoms with Gasteiger partial charge in [0.15, 0.2) is 0 Å². The lowest BCUT2D eigenvalue weighted by Gasteiger charge is -2.35. The number of rotatable bonds is 14. The van der Waals surface area contributed by atoms with Gasteiger partial charge in [-0.25, -0.2) is 4.79 Å². The number of nitrogens with zero attached hydrogens (tertiary/aromatic N) is 1. The average molecular weight is 634 g/mol. The van der Waals surface area contributed by atoms with Crippen LogP contribution in [-0.2, 0) is 20.7 Å². The summed E-state index contributed by atoms with van der Waals surface area (Å²) in [4.78, 5) is 43.7. The van der Waals surface area contributed by atoms with E-state index in [1.54, 1.807) is 31.7 Å². The average Bonchev–Trinajstić information content (AvgIpc) is 2.98. The lowest BCUT2D eigenvalue weighted by Crippen LogP contribution is -2.53. The van der Waals surface area contributed by atoms with Crippen molar-refractivity contribution < 1.29 is 19.1 Å². The van der Waals surface area contributed by atoms with Gasteiger partial charge in [-0.05, 0) is 63.8 Å². The number of alkyl carbamates (subject to hydrolysis) is 1. The number of carbonyl (C=O) groups excluding carboxylic acids is 3. The second kappa shape index (κ2) is 17.0. The van der Waals surface area contributed by atoms with E-state index in [1.165, 1.54) is 0 Å². The molecule has 3 aromatic carbocycles. The quantitative estimate of drug-likeness (QED) is 0.174. The molecule has 0 heterocycles. The molecule has 0 spiro atoms. The van der Waals surface area contributed by atoms with Crippen molar-refractivity contribution in [2.45, 2.75) is 97.8 Å². The van der Waals surface area contributed by atoms with Gasteiger partial charge >= 0.3 is 6.09 Å². The molecule has 7 nitrogen and oxygen atoms in total. The topological polar surface area (TPSA) is 87.7 Å². The van der Waals surface area contributed by atoms with E-state index < -0.39 is 23.8 Å². The molecule has 3 rings (SSSR count). The molecular weight excluding hydrogens is 586 g/mol. The second-order valence-corrected chi connectivity index (χ2v) is 13.0. The van der Waals surface area contributed by atoms with Gasteiger partial charge in [0.25, 0.3) is 5.91 Å². The third-order valence-corrected chi connectivity index (χ3v) is 7.80. The fourth-order valence-electron chi connectivity index (χ4n) is 5.16. The van der Waals surface area contributed by atoms with Crippen LogP contribution >= 0.6 is 11.6 Å². The summed E-state index contributed by atoms with van der Waals surface area (Å²) >= 11 is 6.51. The maximum atomic E-state index is 14.7. The number of halogens is 1. The molecule has 8 heteroatoms. The summed E-state index contributed by atoms with van der Waals surface area (Å²) < 4.78 is 5.56. The Morgan fingerprint density at radius 3 is 2.16 bits per heavy atom. The maximum Gasteiger partial charge on any atom is 0.408 e. The van der Waals surface area contributed by atoms with E-state index >= 15 is 0 Å². The molecule has 242 valence electrons. The summed E-state index contributed by atoms with van der Waals surface area (Å²) in [6.07, 6.45) is 4.37. The number of hydrogen-bond donors (Lipinski definition) is 2. The van der Waals surface area contributed by atoms with Crippen LogP contribution in [0.2, 0.25) is 5.02 Å². The Hall–Kier alpha value is -3.84. The van der Waals surface area contributed by atoms with Gasteiger partial charge in [-0.2, -0.15) is 0 Å². The Morgan fingerprint density at radius 2 is 1.53 bits per heavy atom. The Morgan fingerprint density at radius 1 is 0.867 bits per heavy atom. The van der Waals surface area contributed by atoms with E-state index in [-0.39, 0.29) is 18.2 Å². The number of amides is 3. The van der Waals surface area contributed by atoms with Gasteiger partial charge in [-0.3, -0.25) is 9.59 Å². The molecule has 2 unspecified atom stereocenters. The minimum atomic E-state index is -0.973. The van der Waals surface area contributed by atoms with Crippen molar-refractivity contribution >= 4 is 35.2 Å². The molecule has 0 saturated carbocycles. The number of hydrogen-bond acceptors (Lipinski definition) is 4. The number of benzene rings is 3. The van der Waals surface area contributed by atoms with Crippen LogP contribution in [0.4, 0.5) is 10.5 Å². The van der Waals surface area contributed by atoms with Crippen LogP contribution in [0, 0.1) is 13.8 Å². The van der Waals surface area contributed by atoms with E-state index in [2.05, 4.69) is 17.6 Å². The molecular formula is C37H48ClN3O4. The molecule has 2 N–H and O–H groups in total. The SMILES string of the molecule is CCCCCCCN(C(=O)C(Cc1ccccc1)NC(=O)OC(C)(C)C)C(C(=O)Nc1c(C)cccc1Cl)c1ccc(C)cc1. The first kappa shape index (κ1) is 35.6. The van der Waals surface area contributed by atoms with E-state index in [9.17, 15) is 14.4 Å². The highest BCUT2D eigenvalue weighted by Crippen LogP contribution is 2.30. The first-order valence-corrected chi connectivity index (χ1v) is 16.2. The van der Waals surface area contributed by atoms with Crippen molar-refractivity contribution in [3.05, 3.63) is 100 Å². The lowest BCUT2D eigenvalue weighted by molar-refractivity contribution is -0.140. The van der Waals surface area contributed by atoms with E-state index in [0.717, 1.165) is 42.4 Å². The molecule has 0 bridgehead atoms. The minimum Gasteiger partial charge on any atom is -0.444 e. The van der Waals surface area contributed by atoms with Gasteiger partial charge in [-0.1, -0.05) is 117 Å². The van der Waals surface area contributed by atoms with Crippen molar-refractivity contribution in [1.29, 1.82) is 0 Å². The number of ether oxygens (including phenoxy) is 1. The Bertz CT molecular complexity index is 1380. The van der Waals surface area contributed by atoms with Gasteiger partial charge in [0.05, 0.1) is 10.7 Å². The minimum absolute atomic E-state index is 0.233. The van der Waals surface area contributed by atoms with Gasteiger partial charge in [0, 0.05) is 13.0 Å². The summed E-state index contributed by atoms with van der Waals surface area (Å²) in [6, 6.07) is 20.6. The van der Waals surface area contributed by atoms with Crippen LogP contribution in [0.15, 0.2) is 72.8 Å². The highest BCUT2D eigenvalue weighted by molar-refractivity contribution is 6.34. The smallest absolute Gasteiger partial charge is 0.408 e. The molecule has 3 aromatic rings. The van der Waals surface area contributed by atoms with Crippen molar-refractivity contribution in [1.82, 2.24) is 10.2 Å². The molecule has 2 atom stereocenters. The van der Waals surface area contributed by atoms with Crippen LogP contribution in [-0.4, -0.2) is 41.0 Å². The van der Waals surface area contributed by atoms with Gasteiger partial charge in [0.2, 0.25) is 5.91 Å². The third-order valence-electron chi connectivity index (χ3n) is 7.48. The van der Waals surface area contributed by atoms with Crippen molar-refractivity contribution in [2.75, 3.05) is 11.9 Å². The molecule has 3 amide bonds. The van der Waals surface area contributed by atoms with E-state index in [0.29, 0.717) is 29.2 Å². The monoisotopic (exact) mass is 633 g/mol. The van der Waals surface area contributed by atoms with Gasteiger partial charge in [0.1, 0.15) is 17.7 Å². The molecule has 0 fully saturated rings. The van der Waals surface area contributed by atoms with Crippen LogP contribution in [0.25, 0.3) is 0 Å². The molecule has 0 aliphatic heterocycles. The Labute approximate surface area is 273 Å². The van der Waals surface area contributed by atoms with Crippen LogP contribution in [0.3, 0.4) is 0 Å². The zero-order chi connectivity index (χ0) is 33.0. The molecule has 0 aliphatic rings. The number of unbranched alkanes of at least 4 members (excludes halogenated alkanes) is 4. The molecule has 0 aliphatic carbocycles. The number of para-hydroxylation sites is 1. The van der Waals surface area contributed by atoms with Crippen LogP contribution in [0.1, 0.15) is 88.1 Å². The Kier molecular flexibility index (Phi) is 13.5. The fourth-order valence-corrected chi connectivity index (χ4v) is 5.42. The highest BCUT2D eigenvalue weighted by atomic mass is 35.5. The summed E-state index contributed by atoms with van der Waals surface area (Å²) in [5, 5.41) is 6.27. The largest absolute Gasteiger partial charge is 0.444 e. The number of nitrogens with one attached hydrogen (secondary N) is 2. The second-order valence-electron chi connectivity index (χ2n) is 12.6. The lowest BCUT2D eigenvalue weighted by atomic mass is 9.98. The molecule has 0 saturated heterocycles. The summed E-state index contributed by atoms with van der Waals surface area (Å²) in [5.41, 5.74) is 3.14. The molecule has 45 heavy (non-hydrogen) atoms. The summed E-state index contributed by atoms with van der Waals surface area (Å²) in [6.45, 7) is 11.7. The van der Waals surface area contributed by atoms with E-state index in [1.807, 2.05) is 80.6 Å². The first-order chi connectivity index (χ1) is 21.4. The summed E-state index contributed by atoms with van der Waals surface area (Å²) in [5.74, 6) is -0.746. The van der Waals surface area contributed by atoms with Crippen LogP contribution < -0.4 is 10.6 Å². The number of anilines is 1. The van der Waals surface area contributed by atoms with Gasteiger partial charge in [-0.15, -0.1) is 0 Å². The first-order valence-electron chi connectivity index (χ1n) is 15.9. The third kappa shape index (κ3) is 11.2. The van der Waals surface area contributed by atoms with Crippen molar-refractivity contribution in [3.63, 3.8) is 0 Å². The van der Waals surface area contributed by atoms with Gasteiger partial charge < -0.3 is 20.3 Å². The highest BCUT2D eigenvalue weighted by Gasteiger charge is 2.36. The predicted octanol–water partition coefficient (Wildman–Crippen LogP) is 8.57. The Balaban J connectivity index is 2.08.